The molecule has 4 aromatic rings. The van der Waals surface area contributed by atoms with Gasteiger partial charge in [-0.1, -0.05) is 0 Å². The van der Waals surface area contributed by atoms with Gasteiger partial charge in [0.1, 0.15) is 45.0 Å². The van der Waals surface area contributed by atoms with Crippen molar-refractivity contribution >= 4 is 47.3 Å². The van der Waals surface area contributed by atoms with Crippen molar-refractivity contribution in [1.82, 2.24) is 81.1 Å². The summed E-state index contributed by atoms with van der Waals surface area (Å²) in [6.45, 7) is -0.318. The molecule has 0 radical (unpaired) electrons. The molecule has 4 atom stereocenters. The predicted octanol–water partition coefficient (Wildman–Crippen LogP) is -6.51. The third kappa shape index (κ3) is 15.7. The van der Waals surface area contributed by atoms with Gasteiger partial charge in [-0.3, -0.25) is 77.1 Å². The molecule has 446 valence electrons. The summed E-state index contributed by atoms with van der Waals surface area (Å²) < 4.78 is 6.12. The number of nitrogens with zero attached hydrogens (tertiary/aromatic N) is 8. The Balaban J connectivity index is 1.26. The van der Waals surface area contributed by atoms with E-state index < -0.39 is 115 Å². The Morgan fingerprint density at radius 1 is 0.265 bits per heavy atom. The lowest BCUT2D eigenvalue weighted by atomic mass is 10.2. The van der Waals surface area contributed by atoms with Crippen molar-refractivity contribution in [3.8, 4) is 0 Å². The fourth-order valence-corrected chi connectivity index (χ4v) is 8.97. The average Bonchev–Trinajstić information content (AvgIpc) is 3.60. The molecular weight excluding hydrogens is 1100 g/mol. The molecule has 12 bridgehead atoms. The maximum atomic E-state index is 13.5. The minimum Gasteiger partial charge on any atom is -0.425 e. The fraction of sp³-hybridized carbons (Fsp3) is 0.440. The summed E-state index contributed by atoms with van der Waals surface area (Å²) in [5.41, 5.74) is -8.85. The summed E-state index contributed by atoms with van der Waals surface area (Å²) in [7, 11) is 0. The van der Waals surface area contributed by atoms with Crippen LogP contribution >= 0.6 is 0 Å². The fourth-order valence-electron chi connectivity index (χ4n) is 8.97. The van der Waals surface area contributed by atoms with Gasteiger partial charge >= 0.3 is 0 Å². The van der Waals surface area contributed by atoms with Crippen molar-refractivity contribution in [1.29, 1.82) is 0 Å². The molecular formula is C50H64N16O17. The number of pyridine rings is 4. The first-order valence-corrected chi connectivity index (χ1v) is 26.4. The standard InChI is InChI=1S/C50H64N16O17/c67-39-31-1-7-37(65(81)47(31)75)45(73)57-15-23-61-21-11-53-41(69)33-3-5-35(63(79)49(33)77)43(71)55-13-19-59(17-9-51-39)25-26-60-18-10-52-40(68)32-2-8-38(66(82)48(32)76)46(74)58-16-24-62(28-30-83-29-27-61)22-12-54-42(70)34-4-6-36(64(80)50(34)78)44(72)56-14-20-60/h1-8,79-82H,9-30H2,(H,51,67)(H,52,68)(H,53,69)(H,54,70)(H,55,71)(H,56,72)(H,57,73)(H,58,74). The molecule has 0 saturated carbocycles. The summed E-state index contributed by atoms with van der Waals surface area (Å²) in [5.74, 6) is -7.22. The number of amides is 8. The van der Waals surface area contributed by atoms with Crippen molar-refractivity contribution in [2.45, 2.75) is 0 Å². The van der Waals surface area contributed by atoms with Crippen LogP contribution in [0.2, 0.25) is 0 Å². The lowest BCUT2D eigenvalue weighted by Gasteiger charge is -2.28. The zero-order valence-electron chi connectivity index (χ0n) is 44.8. The van der Waals surface area contributed by atoms with Crippen LogP contribution in [0.15, 0.2) is 67.7 Å². The number of hydrogen-bond donors (Lipinski definition) is 12. The number of rotatable bonds is 0. The number of ether oxygens (including phenoxy) is 1. The Morgan fingerprint density at radius 3 is 0.675 bits per heavy atom. The summed E-state index contributed by atoms with van der Waals surface area (Å²) in [5, 5.41) is 64.1. The molecule has 33 heteroatoms. The van der Waals surface area contributed by atoms with Crippen LogP contribution < -0.4 is 64.8 Å². The normalized spacial score (nSPS) is 21.5. The summed E-state index contributed by atoms with van der Waals surface area (Å²) in [4.78, 5) is 167. The van der Waals surface area contributed by atoms with Crippen LogP contribution in [-0.4, -0.2) is 251 Å². The monoisotopic (exact) mass is 1160 g/mol. The summed E-state index contributed by atoms with van der Waals surface area (Å²) >= 11 is 0. The van der Waals surface area contributed by atoms with E-state index in [1.54, 1.807) is 19.6 Å². The molecule has 12 N–H and O–H groups in total. The first-order valence-electron chi connectivity index (χ1n) is 26.4. The van der Waals surface area contributed by atoms with E-state index in [4.69, 9.17) is 4.74 Å². The number of nitrogens with one attached hydrogen (secondary N) is 8. The van der Waals surface area contributed by atoms with E-state index >= 15 is 0 Å². The van der Waals surface area contributed by atoms with E-state index in [-0.39, 0.29) is 163 Å². The quantitative estimate of drug-likeness (QED) is 0.0729. The topological polar surface area (TPSA) is 424 Å². The molecule has 33 nitrogen and oxygen atoms in total. The van der Waals surface area contributed by atoms with Crippen molar-refractivity contribution in [2.75, 3.05) is 144 Å². The second-order valence-corrected chi connectivity index (χ2v) is 19.0. The molecule has 0 aliphatic carbocycles. The van der Waals surface area contributed by atoms with Crippen LogP contribution in [0.3, 0.4) is 0 Å². The minimum absolute atomic E-state index is 0.00256. The SMILES string of the molecule is O=C1NCCN2CCNC(=O)c3ccc(c(=O)n3O)C(=O)NCCN(CCNC(=O)c3ccc1c(=O)n3O)CCOCCN1CCNC(=O)c3ccc(n(O)c3=O)C(=O)NCCN(CCNC(=O)c3ccc(n(O)c3=O)C(=O)NCC1)CC2. The van der Waals surface area contributed by atoms with Crippen LogP contribution in [-0.2, 0) is 4.74 Å². The largest absolute Gasteiger partial charge is 0.425 e. The molecule has 11 aliphatic heterocycles. The molecule has 11 aliphatic rings. The van der Waals surface area contributed by atoms with Gasteiger partial charge in [-0.25, -0.2) is 0 Å². The Morgan fingerprint density at radius 2 is 0.458 bits per heavy atom. The van der Waals surface area contributed by atoms with E-state index in [2.05, 4.69) is 42.5 Å². The van der Waals surface area contributed by atoms with Gasteiger partial charge in [0.25, 0.3) is 69.5 Å². The van der Waals surface area contributed by atoms with E-state index in [9.17, 15) is 78.4 Å². The number of carbonyl (C=O) groups is 8. The third-order valence-electron chi connectivity index (χ3n) is 13.7. The lowest BCUT2D eigenvalue weighted by molar-refractivity contribution is 0.0785. The molecule has 0 fully saturated rings. The smallest absolute Gasteiger partial charge is 0.296 e. The summed E-state index contributed by atoms with van der Waals surface area (Å²) in [6, 6.07) is 8.62. The van der Waals surface area contributed by atoms with Crippen LogP contribution in [0.5, 0.6) is 0 Å². The van der Waals surface area contributed by atoms with Crippen molar-refractivity contribution in [3.63, 3.8) is 0 Å². The van der Waals surface area contributed by atoms with Gasteiger partial charge in [0.2, 0.25) is 0 Å². The molecule has 15 heterocycles. The van der Waals surface area contributed by atoms with Gasteiger partial charge in [0.05, 0.1) is 13.2 Å². The van der Waals surface area contributed by atoms with Crippen LogP contribution in [0, 0.1) is 0 Å². The Kier molecular flexibility index (Phi) is 21.2. The second kappa shape index (κ2) is 28.8. The molecule has 0 spiro atoms. The van der Waals surface area contributed by atoms with Crippen LogP contribution in [0.1, 0.15) is 83.4 Å². The number of carbonyl (C=O) groups excluding carboxylic acids is 8. The third-order valence-corrected chi connectivity index (χ3v) is 13.7. The minimum atomic E-state index is -1.21. The first kappa shape index (κ1) is 61.2. The van der Waals surface area contributed by atoms with Crippen LogP contribution in [0.4, 0.5) is 0 Å². The molecule has 15 rings (SSSR count). The molecule has 8 amide bonds. The molecule has 4 aromatic heterocycles. The lowest BCUT2D eigenvalue weighted by Crippen LogP contribution is -2.47. The second-order valence-electron chi connectivity index (χ2n) is 19.0. The van der Waals surface area contributed by atoms with Gasteiger partial charge in [0, 0.05) is 131 Å². The van der Waals surface area contributed by atoms with Gasteiger partial charge < -0.3 is 68.1 Å². The maximum absolute atomic E-state index is 13.5. The molecule has 4 unspecified atom stereocenters. The van der Waals surface area contributed by atoms with Crippen molar-refractivity contribution < 1.29 is 63.9 Å². The highest BCUT2D eigenvalue weighted by molar-refractivity contribution is 5.99. The van der Waals surface area contributed by atoms with E-state index in [0.717, 1.165) is 48.5 Å². The van der Waals surface area contributed by atoms with E-state index in [0.29, 0.717) is 0 Å². The van der Waals surface area contributed by atoms with Crippen molar-refractivity contribution in [3.05, 3.63) is 135 Å². The highest BCUT2D eigenvalue weighted by atomic mass is 16.5. The van der Waals surface area contributed by atoms with E-state index in [1.807, 2.05) is 0 Å². The van der Waals surface area contributed by atoms with Gasteiger partial charge in [0.15, 0.2) is 0 Å². The van der Waals surface area contributed by atoms with Gasteiger partial charge in [-0.15, -0.1) is 18.9 Å². The van der Waals surface area contributed by atoms with Crippen molar-refractivity contribution in [2.24, 2.45) is 0 Å². The zero-order valence-corrected chi connectivity index (χ0v) is 44.8. The molecule has 0 aromatic carbocycles. The van der Waals surface area contributed by atoms with Gasteiger partial charge in [-0.2, -0.15) is 0 Å². The highest BCUT2D eigenvalue weighted by Gasteiger charge is 2.25. The maximum Gasteiger partial charge on any atom is 0.296 e. The Labute approximate surface area is 470 Å². The predicted molar refractivity (Wildman–Crippen MR) is 287 cm³/mol. The van der Waals surface area contributed by atoms with Gasteiger partial charge in [-0.05, 0) is 48.5 Å². The first-order chi connectivity index (χ1) is 39.8. The molecule has 83 heavy (non-hydrogen) atoms. The number of hydrogen-bond acceptors (Lipinski definition) is 21. The highest BCUT2D eigenvalue weighted by Crippen LogP contribution is 2.06. The summed E-state index contributed by atoms with van der Waals surface area (Å²) in [6.07, 6.45) is 0. The molecule has 0 saturated heterocycles. The Hall–Kier alpha value is -9.44. The zero-order chi connectivity index (χ0) is 59.7. The average molecular weight is 1160 g/mol. The van der Waals surface area contributed by atoms with E-state index in [1.165, 1.54) is 0 Å². The number of aromatic nitrogens is 4. The Bertz CT molecular complexity index is 3140. The van der Waals surface area contributed by atoms with Crippen LogP contribution in [0.25, 0.3) is 0 Å².